The molecule has 0 fully saturated rings. The number of rotatable bonds is 2. The lowest BCUT2D eigenvalue weighted by Crippen LogP contribution is -2.41. The van der Waals surface area contributed by atoms with Crippen molar-refractivity contribution in [2.75, 3.05) is 0 Å². The summed E-state index contributed by atoms with van der Waals surface area (Å²) >= 11 is 0. The van der Waals surface area contributed by atoms with Crippen LogP contribution in [0.1, 0.15) is 21.7 Å². The van der Waals surface area contributed by atoms with Crippen LogP contribution in [0.3, 0.4) is 0 Å². The molecule has 0 aliphatic heterocycles. The highest BCUT2D eigenvalue weighted by Gasteiger charge is 2.21. The number of hydrogen-bond donors (Lipinski definition) is 1. The van der Waals surface area contributed by atoms with Crippen LogP contribution in [0, 0.1) is 13.8 Å². The lowest BCUT2D eigenvalue weighted by atomic mass is 10.2. The van der Waals surface area contributed by atoms with E-state index >= 15 is 0 Å². The Kier molecular flexibility index (Phi) is 3.04. The van der Waals surface area contributed by atoms with Gasteiger partial charge < -0.3 is 5.11 Å². The fourth-order valence-electron chi connectivity index (χ4n) is 1.97. The van der Waals surface area contributed by atoms with E-state index in [-0.39, 0.29) is 22.8 Å². The van der Waals surface area contributed by atoms with E-state index in [1.54, 1.807) is 0 Å². The van der Waals surface area contributed by atoms with Crippen LogP contribution in [0.5, 0.6) is 0 Å². The predicted octanol–water partition coefficient (Wildman–Crippen LogP) is -1.02. The largest absolute Gasteiger partial charge is 0.478 e. The van der Waals surface area contributed by atoms with Crippen molar-refractivity contribution >= 4 is 5.97 Å². The molecule has 2 aromatic heterocycles. The molecule has 0 spiro atoms. The Balaban J connectivity index is 2.84. The van der Waals surface area contributed by atoms with Crippen molar-refractivity contribution in [3.05, 3.63) is 37.8 Å². The van der Waals surface area contributed by atoms with E-state index in [0.29, 0.717) is 0 Å². The Hall–Kier alpha value is -2.71. The molecule has 9 heteroatoms. The van der Waals surface area contributed by atoms with E-state index in [9.17, 15) is 14.4 Å². The molecule has 2 rings (SSSR count). The highest BCUT2D eigenvalue weighted by molar-refractivity contribution is 5.90. The van der Waals surface area contributed by atoms with Crippen LogP contribution < -0.4 is 11.2 Å². The molecule has 106 valence electrons. The van der Waals surface area contributed by atoms with E-state index in [0.717, 1.165) is 13.9 Å². The second-order valence-corrected chi connectivity index (χ2v) is 4.36. The third kappa shape index (κ3) is 1.83. The zero-order chi connectivity index (χ0) is 15.2. The van der Waals surface area contributed by atoms with Crippen LogP contribution in [-0.2, 0) is 14.1 Å². The monoisotopic (exact) mass is 279 g/mol. The minimum absolute atomic E-state index is 0.0164. The van der Waals surface area contributed by atoms with Crippen molar-refractivity contribution in [2.24, 2.45) is 14.1 Å². The highest BCUT2D eigenvalue weighted by Crippen LogP contribution is 2.14. The molecule has 0 unspecified atom stereocenters. The fourth-order valence-corrected chi connectivity index (χ4v) is 1.97. The molecule has 2 heterocycles. The van der Waals surface area contributed by atoms with Gasteiger partial charge in [-0.15, -0.1) is 5.10 Å². The maximum absolute atomic E-state index is 12.1. The number of carbonyl (C=O) groups is 1. The molecule has 0 atom stereocenters. The highest BCUT2D eigenvalue weighted by atomic mass is 16.4. The van der Waals surface area contributed by atoms with Gasteiger partial charge in [0.1, 0.15) is 5.56 Å². The molecule has 0 saturated carbocycles. The average Bonchev–Trinajstić information content (AvgIpc) is 2.66. The van der Waals surface area contributed by atoms with Crippen LogP contribution in [-0.4, -0.2) is 35.2 Å². The second-order valence-electron chi connectivity index (χ2n) is 4.36. The standard InChI is InChI=1S/C11H13N5O4/c1-5-7(10(18)19)6(2)16(12-5)8-9(17)14(3)11(20)15(4)13-8/h1-4H3,(H,18,19). The van der Waals surface area contributed by atoms with Gasteiger partial charge in [0.2, 0.25) is 5.82 Å². The van der Waals surface area contributed by atoms with Crippen molar-refractivity contribution in [1.82, 2.24) is 24.1 Å². The molecule has 0 aromatic carbocycles. The van der Waals surface area contributed by atoms with Crippen LogP contribution in [0.15, 0.2) is 9.59 Å². The molecule has 2 aromatic rings. The van der Waals surface area contributed by atoms with E-state index in [1.807, 2.05) is 0 Å². The normalized spacial score (nSPS) is 10.8. The van der Waals surface area contributed by atoms with Crippen molar-refractivity contribution in [2.45, 2.75) is 13.8 Å². The number of aryl methyl sites for hydroxylation is 2. The molecule has 0 saturated heterocycles. The minimum Gasteiger partial charge on any atom is -0.478 e. The lowest BCUT2D eigenvalue weighted by molar-refractivity contribution is 0.0695. The summed E-state index contributed by atoms with van der Waals surface area (Å²) in [5.41, 5.74) is -0.650. The quantitative estimate of drug-likeness (QED) is 0.753. The summed E-state index contributed by atoms with van der Waals surface area (Å²) in [5, 5.41) is 17.0. The third-order valence-corrected chi connectivity index (χ3v) is 3.01. The van der Waals surface area contributed by atoms with Gasteiger partial charge in [0.05, 0.1) is 11.4 Å². The molecule has 0 bridgehead atoms. The fraction of sp³-hybridized carbons (Fsp3) is 0.364. The first-order chi connectivity index (χ1) is 9.25. The number of hydrogen-bond acceptors (Lipinski definition) is 5. The Morgan fingerprint density at radius 3 is 2.25 bits per heavy atom. The summed E-state index contributed by atoms with van der Waals surface area (Å²) < 4.78 is 3.02. The smallest absolute Gasteiger partial charge is 0.346 e. The van der Waals surface area contributed by atoms with Crippen molar-refractivity contribution in [3.63, 3.8) is 0 Å². The number of carboxylic acids is 1. The maximum Gasteiger partial charge on any atom is 0.346 e. The molecule has 1 N–H and O–H groups in total. The van der Waals surface area contributed by atoms with Gasteiger partial charge in [0.15, 0.2) is 0 Å². The summed E-state index contributed by atoms with van der Waals surface area (Å²) in [7, 11) is 2.72. The SMILES string of the molecule is Cc1nn(-c2nn(C)c(=O)n(C)c2=O)c(C)c1C(=O)O. The van der Waals surface area contributed by atoms with Crippen LogP contribution in [0.4, 0.5) is 0 Å². The first kappa shape index (κ1) is 13.7. The van der Waals surface area contributed by atoms with Gasteiger partial charge in [-0.25, -0.2) is 19.0 Å². The molecule has 9 nitrogen and oxygen atoms in total. The van der Waals surface area contributed by atoms with Crippen LogP contribution >= 0.6 is 0 Å². The number of aromatic carboxylic acids is 1. The van der Waals surface area contributed by atoms with E-state index < -0.39 is 17.2 Å². The Morgan fingerprint density at radius 1 is 1.15 bits per heavy atom. The first-order valence-corrected chi connectivity index (χ1v) is 5.70. The van der Waals surface area contributed by atoms with Crippen molar-refractivity contribution < 1.29 is 9.90 Å². The van der Waals surface area contributed by atoms with Crippen molar-refractivity contribution in [1.29, 1.82) is 0 Å². The van der Waals surface area contributed by atoms with Gasteiger partial charge in [-0.3, -0.25) is 9.36 Å². The number of aromatic nitrogens is 5. The first-order valence-electron chi connectivity index (χ1n) is 5.70. The predicted molar refractivity (Wildman–Crippen MR) is 68.3 cm³/mol. The Morgan fingerprint density at radius 2 is 1.75 bits per heavy atom. The number of nitrogens with zero attached hydrogens (tertiary/aromatic N) is 5. The summed E-state index contributed by atoms with van der Waals surface area (Å²) in [6.45, 7) is 3.05. The van der Waals surface area contributed by atoms with Gasteiger partial charge in [-0.05, 0) is 13.8 Å². The summed E-state index contributed by atoms with van der Waals surface area (Å²) in [6, 6.07) is 0. The molecular weight excluding hydrogens is 266 g/mol. The van der Waals surface area contributed by atoms with Crippen LogP contribution in [0.25, 0.3) is 5.82 Å². The van der Waals surface area contributed by atoms with Gasteiger partial charge in [0, 0.05) is 14.1 Å². The van der Waals surface area contributed by atoms with Gasteiger partial charge in [0.25, 0.3) is 0 Å². The molecule has 20 heavy (non-hydrogen) atoms. The summed E-state index contributed by atoms with van der Waals surface area (Å²) in [5.74, 6) is -1.25. The van der Waals surface area contributed by atoms with Gasteiger partial charge in [-0.2, -0.15) is 5.10 Å². The topological polar surface area (TPSA) is 112 Å². The van der Waals surface area contributed by atoms with E-state index in [4.69, 9.17) is 5.11 Å². The molecular formula is C11H13N5O4. The van der Waals surface area contributed by atoms with E-state index in [1.165, 1.54) is 27.9 Å². The van der Waals surface area contributed by atoms with Gasteiger partial charge >= 0.3 is 17.2 Å². The zero-order valence-corrected chi connectivity index (χ0v) is 11.4. The molecule has 0 radical (unpaired) electrons. The van der Waals surface area contributed by atoms with E-state index in [2.05, 4.69) is 10.2 Å². The maximum atomic E-state index is 12.1. The summed E-state index contributed by atoms with van der Waals surface area (Å²) in [6.07, 6.45) is 0. The Bertz CT molecular complexity index is 827. The molecule has 0 aliphatic rings. The Labute approximate surface area is 112 Å². The second kappa shape index (κ2) is 4.44. The molecule has 0 amide bonds. The minimum atomic E-state index is -1.13. The van der Waals surface area contributed by atoms with Crippen LogP contribution in [0.2, 0.25) is 0 Å². The van der Waals surface area contributed by atoms with Crippen molar-refractivity contribution in [3.8, 4) is 5.82 Å². The third-order valence-electron chi connectivity index (χ3n) is 3.01. The zero-order valence-electron chi connectivity index (χ0n) is 11.4. The summed E-state index contributed by atoms with van der Waals surface area (Å²) in [4.78, 5) is 34.8. The lowest BCUT2D eigenvalue weighted by Gasteiger charge is -2.06. The van der Waals surface area contributed by atoms with Gasteiger partial charge in [-0.1, -0.05) is 0 Å². The molecule has 0 aliphatic carbocycles. The average molecular weight is 279 g/mol. The number of carboxylic acid groups (broad SMARTS) is 1.